The minimum atomic E-state index is 0.383. The molecule has 1 heterocycles. The van der Waals surface area contributed by atoms with E-state index in [1.54, 1.807) is 0 Å². The lowest BCUT2D eigenvalue weighted by atomic mass is 9.78. The highest BCUT2D eigenvalue weighted by Crippen LogP contribution is 2.38. The topological polar surface area (TPSA) is 24.4 Å². The zero-order chi connectivity index (χ0) is 13.0. The standard InChI is InChI=1S/C14H26N2S2/c1-4-17-9-12(3)15-13-16-14(10-18-13)7-5-11(2)6-8-14/h11-12H,4-10H2,1-3H3,(H,15,16). The third-order valence-corrected chi connectivity index (χ3v) is 6.29. The van der Waals surface area contributed by atoms with Crippen molar-refractivity contribution in [1.29, 1.82) is 0 Å². The molecule has 0 amide bonds. The number of hydrogen-bond acceptors (Lipinski definition) is 3. The lowest BCUT2D eigenvalue weighted by molar-refractivity contribution is 0.250. The number of nitrogens with zero attached hydrogens (tertiary/aromatic N) is 1. The maximum absolute atomic E-state index is 4.83. The summed E-state index contributed by atoms with van der Waals surface area (Å²) >= 11 is 3.92. The largest absolute Gasteiger partial charge is 0.359 e. The molecule has 0 aromatic rings. The van der Waals surface area contributed by atoms with Crippen LogP contribution in [0.4, 0.5) is 0 Å². The molecule has 1 saturated carbocycles. The van der Waals surface area contributed by atoms with Gasteiger partial charge < -0.3 is 5.32 Å². The van der Waals surface area contributed by atoms with Gasteiger partial charge in [0.2, 0.25) is 0 Å². The minimum Gasteiger partial charge on any atom is -0.359 e. The van der Waals surface area contributed by atoms with Gasteiger partial charge in [0.1, 0.15) is 0 Å². The fourth-order valence-corrected chi connectivity index (χ4v) is 4.65. The number of amidine groups is 1. The normalized spacial score (nSPS) is 35.9. The summed E-state index contributed by atoms with van der Waals surface area (Å²) in [5.74, 6) is 4.49. The van der Waals surface area contributed by atoms with Crippen LogP contribution < -0.4 is 5.32 Å². The zero-order valence-corrected chi connectivity index (χ0v) is 13.5. The lowest BCUT2D eigenvalue weighted by Crippen LogP contribution is -2.46. The first-order valence-electron chi connectivity index (χ1n) is 7.20. The third kappa shape index (κ3) is 3.83. The monoisotopic (exact) mass is 286 g/mol. The van der Waals surface area contributed by atoms with Gasteiger partial charge in [0.05, 0.1) is 6.04 Å². The fraction of sp³-hybridized carbons (Fsp3) is 0.929. The Hall–Kier alpha value is 0.170. The Morgan fingerprint density at radius 3 is 2.89 bits per heavy atom. The summed E-state index contributed by atoms with van der Waals surface area (Å²) in [5.41, 5.74) is 0.383. The smallest absolute Gasteiger partial charge is 0.157 e. The molecule has 1 N–H and O–H groups in total. The molecule has 1 unspecified atom stereocenters. The second kappa shape index (κ2) is 6.56. The maximum Gasteiger partial charge on any atom is 0.157 e. The predicted octanol–water partition coefficient (Wildman–Crippen LogP) is 3.77. The van der Waals surface area contributed by atoms with Crippen LogP contribution in [0.15, 0.2) is 4.99 Å². The van der Waals surface area contributed by atoms with Crippen LogP contribution in [0.1, 0.15) is 46.5 Å². The van der Waals surface area contributed by atoms with Crippen molar-refractivity contribution in [1.82, 2.24) is 5.32 Å². The summed E-state index contributed by atoms with van der Waals surface area (Å²) in [4.78, 5) is 4.83. The van der Waals surface area contributed by atoms with Gasteiger partial charge in [-0.1, -0.05) is 25.6 Å². The van der Waals surface area contributed by atoms with Crippen molar-refractivity contribution in [3.8, 4) is 0 Å². The Kier molecular flexibility index (Phi) is 5.31. The summed E-state index contributed by atoms with van der Waals surface area (Å²) in [6, 6.07) is 0.447. The van der Waals surface area contributed by atoms with E-state index < -0.39 is 0 Å². The third-order valence-electron chi connectivity index (χ3n) is 3.99. The summed E-state index contributed by atoms with van der Waals surface area (Å²) in [5, 5.41) is 4.94. The van der Waals surface area contributed by atoms with Gasteiger partial charge in [-0.2, -0.15) is 11.8 Å². The van der Waals surface area contributed by atoms with Crippen LogP contribution >= 0.6 is 23.5 Å². The van der Waals surface area contributed by atoms with E-state index in [-0.39, 0.29) is 0 Å². The minimum absolute atomic E-state index is 0.383. The van der Waals surface area contributed by atoms with E-state index in [4.69, 9.17) is 4.99 Å². The first kappa shape index (κ1) is 14.6. The van der Waals surface area contributed by atoms with Gasteiger partial charge in [-0.05, 0) is 44.3 Å². The van der Waals surface area contributed by atoms with Gasteiger partial charge >= 0.3 is 0 Å². The first-order valence-corrected chi connectivity index (χ1v) is 9.34. The van der Waals surface area contributed by atoms with Gasteiger partial charge in [-0.25, -0.2) is 0 Å². The highest BCUT2D eigenvalue weighted by molar-refractivity contribution is 8.14. The van der Waals surface area contributed by atoms with Crippen molar-refractivity contribution in [2.45, 2.75) is 58.0 Å². The molecule has 2 aliphatic rings. The van der Waals surface area contributed by atoms with E-state index in [1.807, 2.05) is 23.5 Å². The summed E-state index contributed by atoms with van der Waals surface area (Å²) in [6.07, 6.45) is 5.42. The molecule has 1 aliphatic carbocycles. The number of rotatable bonds is 4. The van der Waals surface area contributed by atoms with Crippen LogP contribution in [0.2, 0.25) is 0 Å². The maximum atomic E-state index is 4.83. The molecule has 1 saturated heterocycles. The Labute approximate surface area is 120 Å². The van der Waals surface area contributed by atoms with E-state index >= 15 is 0 Å². The van der Waals surface area contributed by atoms with Crippen molar-refractivity contribution in [2.24, 2.45) is 10.9 Å². The fourth-order valence-electron chi connectivity index (χ4n) is 2.68. The van der Waals surface area contributed by atoms with Crippen LogP contribution in [0.5, 0.6) is 0 Å². The number of thioether (sulfide) groups is 2. The Morgan fingerprint density at radius 2 is 2.22 bits per heavy atom. The summed E-state index contributed by atoms with van der Waals surface area (Å²) in [7, 11) is 0. The predicted molar refractivity (Wildman–Crippen MR) is 85.9 cm³/mol. The van der Waals surface area contributed by atoms with Gasteiger partial charge in [-0.3, -0.25) is 4.99 Å². The molecule has 1 spiro atoms. The van der Waals surface area contributed by atoms with Crippen LogP contribution in [0.25, 0.3) is 0 Å². The van der Waals surface area contributed by atoms with Gasteiger partial charge in [0.25, 0.3) is 0 Å². The van der Waals surface area contributed by atoms with Crippen molar-refractivity contribution < 1.29 is 0 Å². The molecule has 0 aromatic heterocycles. The molecule has 2 nitrogen and oxygen atoms in total. The highest BCUT2D eigenvalue weighted by Gasteiger charge is 2.39. The average Bonchev–Trinajstić information content (AvgIpc) is 2.74. The molecule has 2 rings (SSSR count). The number of nitrogens with one attached hydrogen (secondary N) is 1. The van der Waals surface area contributed by atoms with Crippen LogP contribution in [0, 0.1) is 5.92 Å². The molecule has 0 bridgehead atoms. The highest BCUT2D eigenvalue weighted by atomic mass is 32.2. The van der Waals surface area contributed by atoms with E-state index in [1.165, 1.54) is 42.4 Å². The first-order chi connectivity index (χ1) is 8.63. The second-order valence-electron chi connectivity index (χ2n) is 5.82. The average molecular weight is 287 g/mol. The van der Waals surface area contributed by atoms with E-state index in [2.05, 4.69) is 26.1 Å². The molecule has 1 atom stereocenters. The SMILES string of the molecule is CCSCC(C)N=C1NC2(CCC(C)CC2)CS1. The van der Waals surface area contributed by atoms with Gasteiger partial charge in [0.15, 0.2) is 5.17 Å². The molecular formula is C14H26N2S2. The Morgan fingerprint density at radius 1 is 1.50 bits per heavy atom. The van der Waals surface area contributed by atoms with Gasteiger partial charge in [-0.15, -0.1) is 0 Å². The quantitative estimate of drug-likeness (QED) is 0.851. The zero-order valence-electron chi connectivity index (χ0n) is 11.9. The van der Waals surface area contributed by atoms with E-state index in [9.17, 15) is 0 Å². The molecular weight excluding hydrogens is 260 g/mol. The Bertz CT molecular complexity index is 296. The Balaban J connectivity index is 1.85. The molecule has 2 fully saturated rings. The van der Waals surface area contributed by atoms with E-state index in [0.717, 1.165) is 11.7 Å². The molecule has 104 valence electrons. The number of hydrogen-bond donors (Lipinski definition) is 1. The van der Waals surface area contributed by atoms with Crippen molar-refractivity contribution >= 4 is 28.7 Å². The van der Waals surface area contributed by atoms with Crippen molar-refractivity contribution in [3.63, 3.8) is 0 Å². The lowest BCUT2D eigenvalue weighted by Gasteiger charge is -2.35. The second-order valence-corrected chi connectivity index (χ2v) is 8.10. The molecule has 18 heavy (non-hydrogen) atoms. The molecule has 4 heteroatoms. The molecule has 1 aliphatic heterocycles. The molecule has 0 radical (unpaired) electrons. The van der Waals surface area contributed by atoms with Crippen LogP contribution in [-0.4, -0.2) is 34.0 Å². The summed E-state index contributed by atoms with van der Waals surface area (Å²) < 4.78 is 0. The number of aliphatic imine (C=N–C) groups is 1. The van der Waals surface area contributed by atoms with E-state index in [0.29, 0.717) is 11.6 Å². The van der Waals surface area contributed by atoms with Crippen molar-refractivity contribution in [2.75, 3.05) is 17.3 Å². The van der Waals surface area contributed by atoms with Crippen molar-refractivity contribution in [3.05, 3.63) is 0 Å². The summed E-state index contributed by atoms with van der Waals surface area (Å²) in [6.45, 7) is 6.82. The van der Waals surface area contributed by atoms with Crippen LogP contribution in [-0.2, 0) is 0 Å². The van der Waals surface area contributed by atoms with Gasteiger partial charge in [0, 0.05) is 17.0 Å². The van der Waals surface area contributed by atoms with Crippen LogP contribution in [0.3, 0.4) is 0 Å². The molecule has 0 aromatic carbocycles.